The maximum absolute atomic E-state index is 10.3. The highest BCUT2D eigenvalue weighted by atomic mass is 79.9. The van der Waals surface area contributed by atoms with E-state index < -0.39 is 5.97 Å². The average Bonchev–Trinajstić information content (AvgIpc) is 2.15. The molecule has 0 aromatic heterocycles. The van der Waals surface area contributed by atoms with Crippen molar-refractivity contribution in [2.24, 2.45) is 0 Å². The van der Waals surface area contributed by atoms with Gasteiger partial charge < -0.3 is 9.84 Å². The molecule has 0 heterocycles. The van der Waals surface area contributed by atoms with Gasteiger partial charge in [-0.25, -0.2) is 4.79 Å². The van der Waals surface area contributed by atoms with Gasteiger partial charge in [0.05, 0.1) is 11.6 Å². The van der Waals surface area contributed by atoms with Gasteiger partial charge in [0.2, 0.25) is 0 Å². The second-order valence-electron chi connectivity index (χ2n) is 2.57. The van der Waals surface area contributed by atoms with E-state index in [4.69, 9.17) is 9.84 Å². The van der Waals surface area contributed by atoms with Crippen LogP contribution in [0.4, 0.5) is 0 Å². The van der Waals surface area contributed by atoms with Crippen LogP contribution in [0.25, 0.3) is 6.08 Å². The summed E-state index contributed by atoms with van der Waals surface area (Å²) >= 11 is 3.31. The van der Waals surface area contributed by atoms with Crippen LogP contribution in [-0.4, -0.2) is 18.2 Å². The summed E-state index contributed by atoms with van der Waals surface area (Å²) in [7, 11) is 1.58. The molecule has 0 spiro atoms. The van der Waals surface area contributed by atoms with Crippen molar-refractivity contribution in [3.8, 4) is 5.75 Å². The Morgan fingerprint density at radius 2 is 2.29 bits per heavy atom. The molecule has 0 bridgehead atoms. The van der Waals surface area contributed by atoms with Crippen molar-refractivity contribution in [3.05, 3.63) is 34.3 Å². The van der Waals surface area contributed by atoms with Crippen LogP contribution in [-0.2, 0) is 4.79 Å². The molecule has 3 nitrogen and oxygen atoms in total. The third kappa shape index (κ3) is 2.88. The smallest absolute Gasteiger partial charge is 0.328 e. The molecule has 1 aromatic carbocycles. The molecule has 0 aliphatic rings. The van der Waals surface area contributed by atoms with Gasteiger partial charge in [-0.1, -0.05) is 6.07 Å². The van der Waals surface area contributed by atoms with Crippen LogP contribution in [0.2, 0.25) is 0 Å². The molecule has 14 heavy (non-hydrogen) atoms. The fourth-order valence-electron chi connectivity index (χ4n) is 0.954. The van der Waals surface area contributed by atoms with Crippen LogP contribution in [0.5, 0.6) is 5.75 Å². The van der Waals surface area contributed by atoms with Gasteiger partial charge in [-0.15, -0.1) is 0 Å². The van der Waals surface area contributed by atoms with Gasteiger partial charge in [-0.05, 0) is 39.7 Å². The number of carboxylic acid groups (broad SMARTS) is 1. The Labute approximate surface area is 90.1 Å². The van der Waals surface area contributed by atoms with Gasteiger partial charge in [-0.2, -0.15) is 0 Å². The zero-order valence-corrected chi connectivity index (χ0v) is 9.11. The number of hydrogen-bond acceptors (Lipinski definition) is 2. The second kappa shape index (κ2) is 4.81. The minimum absolute atomic E-state index is 0.720. The van der Waals surface area contributed by atoms with Gasteiger partial charge >= 0.3 is 5.97 Å². The summed E-state index contributed by atoms with van der Waals surface area (Å²) in [5.41, 5.74) is 0.806. The number of halogens is 1. The molecule has 74 valence electrons. The first-order chi connectivity index (χ1) is 6.63. The van der Waals surface area contributed by atoms with Crippen LogP contribution < -0.4 is 4.74 Å². The second-order valence-corrected chi connectivity index (χ2v) is 3.42. The van der Waals surface area contributed by atoms with E-state index in [9.17, 15) is 4.79 Å². The molecule has 0 saturated carbocycles. The van der Waals surface area contributed by atoms with Crippen molar-refractivity contribution in [2.45, 2.75) is 0 Å². The molecular weight excluding hydrogens is 248 g/mol. The number of carboxylic acids is 1. The molecule has 0 aliphatic heterocycles. The Kier molecular flexibility index (Phi) is 3.71. The lowest BCUT2D eigenvalue weighted by Gasteiger charge is -2.02. The number of rotatable bonds is 3. The monoisotopic (exact) mass is 256 g/mol. The minimum atomic E-state index is -0.961. The summed E-state index contributed by atoms with van der Waals surface area (Å²) in [6.07, 6.45) is 2.61. The summed E-state index contributed by atoms with van der Waals surface area (Å²) in [6, 6.07) is 5.34. The first-order valence-corrected chi connectivity index (χ1v) is 4.67. The number of ether oxygens (including phenoxy) is 1. The van der Waals surface area contributed by atoms with Crippen molar-refractivity contribution < 1.29 is 14.6 Å². The predicted octanol–water partition coefficient (Wildman–Crippen LogP) is 2.56. The normalized spacial score (nSPS) is 10.4. The number of methoxy groups -OCH3 is 1. The van der Waals surface area contributed by atoms with Crippen molar-refractivity contribution >= 4 is 28.0 Å². The van der Waals surface area contributed by atoms with E-state index in [1.54, 1.807) is 25.3 Å². The lowest BCUT2D eigenvalue weighted by atomic mass is 10.2. The van der Waals surface area contributed by atoms with E-state index in [2.05, 4.69) is 15.9 Å². The fourth-order valence-corrected chi connectivity index (χ4v) is 1.51. The lowest BCUT2D eigenvalue weighted by Crippen LogP contribution is -1.87. The van der Waals surface area contributed by atoms with Crippen molar-refractivity contribution in [1.82, 2.24) is 0 Å². The molecule has 1 rings (SSSR count). The highest BCUT2D eigenvalue weighted by molar-refractivity contribution is 9.10. The summed E-state index contributed by atoms with van der Waals surface area (Å²) in [4.78, 5) is 10.3. The quantitative estimate of drug-likeness (QED) is 0.846. The largest absolute Gasteiger partial charge is 0.496 e. The van der Waals surface area contributed by atoms with Crippen LogP contribution in [0.15, 0.2) is 28.7 Å². The Morgan fingerprint density at radius 3 is 2.79 bits per heavy atom. The molecular formula is C10H9BrO3. The Morgan fingerprint density at radius 1 is 1.57 bits per heavy atom. The van der Waals surface area contributed by atoms with Gasteiger partial charge in [0, 0.05) is 6.08 Å². The number of aliphatic carboxylic acids is 1. The Hall–Kier alpha value is -1.29. The van der Waals surface area contributed by atoms with E-state index in [0.717, 1.165) is 21.9 Å². The zero-order valence-electron chi connectivity index (χ0n) is 7.53. The van der Waals surface area contributed by atoms with E-state index in [0.29, 0.717) is 0 Å². The van der Waals surface area contributed by atoms with Crippen LogP contribution in [0, 0.1) is 0 Å². The van der Waals surface area contributed by atoms with E-state index in [-0.39, 0.29) is 0 Å². The third-order valence-corrected chi connectivity index (χ3v) is 2.21. The molecule has 0 aliphatic carbocycles. The Balaban J connectivity index is 2.91. The molecule has 0 amide bonds. The Bertz CT molecular complexity index is 372. The number of benzene rings is 1. The summed E-state index contributed by atoms with van der Waals surface area (Å²) < 4.78 is 5.84. The minimum Gasteiger partial charge on any atom is -0.496 e. The summed E-state index contributed by atoms with van der Waals surface area (Å²) in [5.74, 6) is -0.241. The van der Waals surface area contributed by atoms with Crippen molar-refractivity contribution in [2.75, 3.05) is 7.11 Å². The highest BCUT2D eigenvalue weighted by Gasteiger charge is 1.99. The van der Waals surface area contributed by atoms with Gasteiger partial charge in [0.15, 0.2) is 0 Å². The maximum atomic E-state index is 10.3. The van der Waals surface area contributed by atoms with Gasteiger partial charge in [0.1, 0.15) is 5.75 Å². The number of hydrogen-bond donors (Lipinski definition) is 1. The van der Waals surface area contributed by atoms with E-state index in [1.165, 1.54) is 6.08 Å². The van der Waals surface area contributed by atoms with E-state index in [1.807, 2.05) is 0 Å². The van der Waals surface area contributed by atoms with Crippen molar-refractivity contribution in [1.29, 1.82) is 0 Å². The first-order valence-electron chi connectivity index (χ1n) is 3.88. The molecule has 1 aromatic rings. The molecule has 1 N–H and O–H groups in total. The fraction of sp³-hybridized carbons (Fsp3) is 0.100. The number of carbonyl (C=O) groups is 1. The van der Waals surface area contributed by atoms with Crippen LogP contribution in [0.1, 0.15) is 5.56 Å². The molecule has 0 fully saturated rings. The predicted molar refractivity (Wildman–Crippen MR) is 57.4 cm³/mol. The third-order valence-electron chi connectivity index (χ3n) is 1.59. The maximum Gasteiger partial charge on any atom is 0.328 e. The van der Waals surface area contributed by atoms with Crippen LogP contribution >= 0.6 is 15.9 Å². The van der Waals surface area contributed by atoms with Gasteiger partial charge in [0.25, 0.3) is 0 Å². The molecule has 4 heteroatoms. The van der Waals surface area contributed by atoms with Gasteiger partial charge in [-0.3, -0.25) is 0 Å². The van der Waals surface area contributed by atoms with Crippen molar-refractivity contribution in [3.63, 3.8) is 0 Å². The summed E-state index contributed by atoms with van der Waals surface area (Å²) in [5, 5.41) is 8.42. The first kappa shape index (κ1) is 10.8. The average molecular weight is 257 g/mol. The highest BCUT2D eigenvalue weighted by Crippen LogP contribution is 2.25. The van der Waals surface area contributed by atoms with E-state index >= 15 is 0 Å². The molecule has 0 saturated heterocycles. The topological polar surface area (TPSA) is 46.5 Å². The lowest BCUT2D eigenvalue weighted by molar-refractivity contribution is -0.131. The summed E-state index contributed by atoms with van der Waals surface area (Å²) in [6.45, 7) is 0. The molecule has 0 unspecified atom stereocenters. The zero-order chi connectivity index (χ0) is 10.6. The standard InChI is InChI=1S/C10H9BrO3/c1-14-9-4-2-7(6-8(9)11)3-5-10(12)13/h2-6H,1H3,(H,12,13). The molecule has 0 radical (unpaired) electrons. The van der Waals surface area contributed by atoms with Crippen LogP contribution in [0.3, 0.4) is 0 Å². The SMILES string of the molecule is COc1ccc(C=CC(=O)O)cc1Br. The molecule has 0 atom stereocenters.